The monoisotopic (exact) mass is 165 g/mol. The average Bonchev–Trinajstić information content (AvgIpc) is 2.77. The molecule has 0 saturated carbocycles. The molecule has 0 aromatic carbocycles. The number of nitrogens with zero attached hydrogens (tertiary/aromatic N) is 2. The van der Waals surface area contributed by atoms with Crippen LogP contribution < -0.4 is 0 Å². The van der Waals surface area contributed by atoms with Crippen molar-refractivity contribution in [2.45, 2.75) is 12.8 Å². The molecule has 0 spiro atoms. The van der Waals surface area contributed by atoms with Gasteiger partial charge in [0, 0.05) is 19.3 Å². The van der Waals surface area contributed by atoms with Gasteiger partial charge in [-0.25, -0.2) is 0 Å². The van der Waals surface area contributed by atoms with E-state index in [9.17, 15) is 4.79 Å². The van der Waals surface area contributed by atoms with Gasteiger partial charge in [-0.1, -0.05) is 0 Å². The lowest BCUT2D eigenvalue weighted by Crippen LogP contribution is -2.27. The van der Waals surface area contributed by atoms with E-state index >= 15 is 0 Å². The van der Waals surface area contributed by atoms with E-state index in [-0.39, 0.29) is 5.91 Å². The van der Waals surface area contributed by atoms with Crippen LogP contribution in [0.2, 0.25) is 0 Å². The molecule has 2 rings (SSSR count). The van der Waals surface area contributed by atoms with Gasteiger partial charge >= 0.3 is 0 Å². The number of amides is 1. The summed E-state index contributed by atoms with van der Waals surface area (Å²) in [5.74, 6) is 0.0984. The van der Waals surface area contributed by atoms with Crippen LogP contribution in [0.25, 0.3) is 0 Å². The Kier molecular flexibility index (Phi) is 1.81. The molecule has 12 heavy (non-hydrogen) atoms. The van der Waals surface area contributed by atoms with Gasteiger partial charge in [-0.2, -0.15) is 5.10 Å². The molecule has 1 saturated heterocycles. The molecule has 1 fully saturated rings. The van der Waals surface area contributed by atoms with Gasteiger partial charge < -0.3 is 4.90 Å². The van der Waals surface area contributed by atoms with Crippen LogP contribution in [-0.2, 0) is 0 Å². The first kappa shape index (κ1) is 7.34. The largest absolute Gasteiger partial charge is 0.339 e. The molecule has 1 amide bonds. The highest BCUT2D eigenvalue weighted by molar-refractivity contribution is 5.93. The first-order valence-electron chi connectivity index (χ1n) is 4.16. The summed E-state index contributed by atoms with van der Waals surface area (Å²) >= 11 is 0. The Hall–Kier alpha value is -1.32. The molecule has 4 heteroatoms. The Bertz CT molecular complexity index is 262. The summed E-state index contributed by atoms with van der Waals surface area (Å²) in [5.41, 5.74) is 0.664. The van der Waals surface area contributed by atoms with Crippen molar-refractivity contribution in [3.63, 3.8) is 0 Å². The minimum atomic E-state index is 0.0984. The van der Waals surface area contributed by atoms with Crippen LogP contribution in [0.1, 0.15) is 23.2 Å². The highest BCUT2D eigenvalue weighted by atomic mass is 16.2. The normalized spacial score (nSPS) is 16.8. The highest BCUT2D eigenvalue weighted by Gasteiger charge is 2.19. The lowest BCUT2D eigenvalue weighted by molar-refractivity contribution is 0.0793. The smallest absolute Gasteiger partial charge is 0.257 e. The number of carbonyl (C=O) groups is 1. The van der Waals surface area contributed by atoms with E-state index in [1.54, 1.807) is 12.4 Å². The van der Waals surface area contributed by atoms with Crippen LogP contribution in [-0.4, -0.2) is 34.1 Å². The van der Waals surface area contributed by atoms with E-state index in [0.717, 1.165) is 25.9 Å². The summed E-state index contributed by atoms with van der Waals surface area (Å²) in [6, 6.07) is 0. The zero-order valence-corrected chi connectivity index (χ0v) is 6.79. The summed E-state index contributed by atoms with van der Waals surface area (Å²) in [7, 11) is 0. The second-order valence-corrected chi connectivity index (χ2v) is 2.99. The fourth-order valence-corrected chi connectivity index (χ4v) is 1.47. The fraction of sp³-hybridized carbons (Fsp3) is 0.500. The molecular weight excluding hydrogens is 154 g/mol. The molecule has 64 valence electrons. The summed E-state index contributed by atoms with van der Waals surface area (Å²) in [6.45, 7) is 1.79. The first-order valence-corrected chi connectivity index (χ1v) is 4.16. The van der Waals surface area contributed by atoms with Crippen LogP contribution in [0, 0.1) is 0 Å². The molecule has 0 bridgehead atoms. The third kappa shape index (κ3) is 1.20. The van der Waals surface area contributed by atoms with Gasteiger partial charge in [-0.3, -0.25) is 9.89 Å². The molecule has 0 atom stereocenters. The van der Waals surface area contributed by atoms with E-state index in [0.29, 0.717) is 5.56 Å². The number of aromatic nitrogens is 2. The Morgan fingerprint density at radius 3 is 2.83 bits per heavy atom. The van der Waals surface area contributed by atoms with Crippen molar-refractivity contribution in [3.05, 3.63) is 18.0 Å². The zero-order valence-electron chi connectivity index (χ0n) is 6.79. The maximum absolute atomic E-state index is 11.6. The summed E-state index contributed by atoms with van der Waals surface area (Å²) in [6.07, 6.45) is 5.47. The molecular formula is C8H11N3O. The third-order valence-electron chi connectivity index (χ3n) is 2.14. The third-order valence-corrected chi connectivity index (χ3v) is 2.14. The Morgan fingerprint density at radius 1 is 1.50 bits per heavy atom. The molecule has 0 aliphatic carbocycles. The Labute approximate surface area is 70.6 Å². The maximum Gasteiger partial charge on any atom is 0.257 e. The molecule has 2 heterocycles. The zero-order chi connectivity index (χ0) is 8.39. The Morgan fingerprint density at radius 2 is 2.25 bits per heavy atom. The summed E-state index contributed by atoms with van der Waals surface area (Å²) < 4.78 is 0. The van der Waals surface area contributed by atoms with Gasteiger partial charge in [0.2, 0.25) is 0 Å². The van der Waals surface area contributed by atoms with E-state index in [2.05, 4.69) is 10.2 Å². The van der Waals surface area contributed by atoms with Gasteiger partial charge in [0.25, 0.3) is 5.91 Å². The van der Waals surface area contributed by atoms with Gasteiger partial charge in [-0.05, 0) is 12.8 Å². The van der Waals surface area contributed by atoms with Gasteiger partial charge in [0.15, 0.2) is 0 Å². The predicted octanol–water partition coefficient (Wildman–Crippen LogP) is 0.646. The van der Waals surface area contributed by atoms with Crippen LogP contribution >= 0.6 is 0 Å². The standard InChI is InChI=1S/C8H11N3O/c12-8(7-5-9-10-6-7)11-3-1-2-4-11/h5-6H,1-4H2,(H,9,10). The van der Waals surface area contributed by atoms with Gasteiger partial charge in [-0.15, -0.1) is 0 Å². The lowest BCUT2D eigenvalue weighted by Gasteiger charge is -2.12. The van der Waals surface area contributed by atoms with Crippen LogP contribution in [0.15, 0.2) is 12.4 Å². The molecule has 1 aliphatic rings. The van der Waals surface area contributed by atoms with Gasteiger partial charge in [0.05, 0.1) is 11.8 Å². The van der Waals surface area contributed by atoms with Crippen LogP contribution in [0.4, 0.5) is 0 Å². The molecule has 0 radical (unpaired) electrons. The van der Waals surface area contributed by atoms with Crippen molar-refractivity contribution in [1.82, 2.24) is 15.1 Å². The number of likely N-dealkylation sites (tertiary alicyclic amines) is 1. The number of hydrogen-bond acceptors (Lipinski definition) is 2. The summed E-state index contributed by atoms with van der Waals surface area (Å²) in [4.78, 5) is 13.4. The molecule has 1 aromatic heterocycles. The van der Waals surface area contributed by atoms with Gasteiger partial charge in [0.1, 0.15) is 0 Å². The SMILES string of the molecule is O=C(c1cn[nH]c1)N1CCCC1. The lowest BCUT2D eigenvalue weighted by atomic mass is 10.3. The van der Waals surface area contributed by atoms with Crippen molar-refractivity contribution in [2.24, 2.45) is 0 Å². The minimum Gasteiger partial charge on any atom is -0.339 e. The number of carbonyl (C=O) groups excluding carboxylic acids is 1. The number of aromatic amines is 1. The molecule has 4 nitrogen and oxygen atoms in total. The van der Waals surface area contributed by atoms with E-state index in [4.69, 9.17) is 0 Å². The second kappa shape index (κ2) is 2.97. The molecule has 1 aromatic rings. The van der Waals surface area contributed by atoms with E-state index in [1.165, 1.54) is 0 Å². The summed E-state index contributed by atoms with van der Waals surface area (Å²) in [5, 5.41) is 6.38. The van der Waals surface area contributed by atoms with Crippen molar-refractivity contribution in [1.29, 1.82) is 0 Å². The van der Waals surface area contributed by atoms with E-state index in [1.807, 2.05) is 4.90 Å². The van der Waals surface area contributed by atoms with Crippen molar-refractivity contribution >= 4 is 5.91 Å². The number of hydrogen-bond donors (Lipinski definition) is 1. The van der Waals surface area contributed by atoms with Crippen molar-refractivity contribution in [3.8, 4) is 0 Å². The van der Waals surface area contributed by atoms with Crippen molar-refractivity contribution < 1.29 is 4.79 Å². The topological polar surface area (TPSA) is 49.0 Å². The maximum atomic E-state index is 11.6. The molecule has 1 aliphatic heterocycles. The number of nitrogens with one attached hydrogen (secondary N) is 1. The van der Waals surface area contributed by atoms with Crippen LogP contribution in [0.3, 0.4) is 0 Å². The second-order valence-electron chi connectivity index (χ2n) is 2.99. The highest BCUT2D eigenvalue weighted by Crippen LogP contribution is 2.11. The van der Waals surface area contributed by atoms with Crippen LogP contribution in [0.5, 0.6) is 0 Å². The van der Waals surface area contributed by atoms with Crippen molar-refractivity contribution in [2.75, 3.05) is 13.1 Å². The predicted molar refractivity (Wildman–Crippen MR) is 43.7 cm³/mol. The first-order chi connectivity index (χ1) is 5.88. The number of H-pyrrole nitrogens is 1. The number of rotatable bonds is 1. The fourth-order valence-electron chi connectivity index (χ4n) is 1.47. The van der Waals surface area contributed by atoms with E-state index < -0.39 is 0 Å². The quantitative estimate of drug-likeness (QED) is 0.664. The molecule has 0 unspecified atom stereocenters. The average molecular weight is 165 g/mol. The Balaban J connectivity index is 2.09. The minimum absolute atomic E-state index is 0.0984. The molecule has 1 N–H and O–H groups in total.